The van der Waals surface area contributed by atoms with Crippen molar-refractivity contribution in [2.45, 2.75) is 0 Å². The van der Waals surface area contributed by atoms with Crippen molar-refractivity contribution in [3.8, 4) is 0 Å². The first-order valence-electron chi connectivity index (χ1n) is 3.66. The fraction of sp³-hybridized carbons (Fsp3) is 0.100. The summed E-state index contributed by atoms with van der Waals surface area (Å²) in [5.41, 5.74) is 1.21. The van der Waals surface area contributed by atoms with Crippen LogP contribution in [-0.4, -0.2) is 12.0 Å². The summed E-state index contributed by atoms with van der Waals surface area (Å²) in [7, 11) is 1.42. The zero-order valence-corrected chi connectivity index (χ0v) is 6.91. The average Bonchev–Trinajstić information content (AvgIpc) is 2.52. The van der Waals surface area contributed by atoms with Crippen LogP contribution < -0.4 is 0 Å². The number of para-hydroxylation sites is 1. The minimum atomic E-state index is 1.21. The quantitative estimate of drug-likeness (QED) is 0.569. The second-order valence-electron chi connectivity index (χ2n) is 2.29. The van der Waals surface area contributed by atoms with Crippen molar-refractivity contribution in [2.75, 3.05) is 7.05 Å². The number of benzene rings is 1. The summed E-state index contributed by atoms with van der Waals surface area (Å²) in [5.74, 6) is 0. The third-order valence-electron chi connectivity index (χ3n) is 1.46. The molecule has 60 valence electrons. The van der Waals surface area contributed by atoms with Crippen molar-refractivity contribution < 1.29 is 0 Å². The van der Waals surface area contributed by atoms with Crippen LogP contribution in [0.15, 0.2) is 36.5 Å². The Morgan fingerprint density at radius 1 is 1.25 bits per heavy atom. The zero-order chi connectivity index (χ0) is 8.81. The van der Waals surface area contributed by atoms with Gasteiger partial charge in [0.1, 0.15) is 0 Å². The Morgan fingerprint density at radius 2 is 1.92 bits per heavy atom. The van der Waals surface area contributed by atoms with Crippen LogP contribution in [-0.2, 0) is 0 Å². The Bertz CT molecular complexity index is 352. The number of H-pyrrole nitrogens is 1. The molecule has 1 aromatic carbocycles. The van der Waals surface area contributed by atoms with E-state index in [-0.39, 0.29) is 0 Å². The number of rotatable bonds is 0. The molecule has 12 heavy (non-hydrogen) atoms. The van der Waals surface area contributed by atoms with Gasteiger partial charge in [0.15, 0.2) is 0 Å². The molecule has 0 aliphatic carbocycles. The molecule has 0 bridgehead atoms. The largest absolute Gasteiger partial charge is 0.361 e. The van der Waals surface area contributed by atoms with E-state index in [2.05, 4.69) is 28.0 Å². The van der Waals surface area contributed by atoms with Gasteiger partial charge in [0.25, 0.3) is 0 Å². The van der Waals surface area contributed by atoms with Crippen molar-refractivity contribution in [1.82, 2.24) is 4.98 Å². The Balaban J connectivity index is 0.000000213. The summed E-state index contributed by atoms with van der Waals surface area (Å²) < 4.78 is 0. The maximum Gasteiger partial charge on any atom is 0.205 e. The van der Waals surface area contributed by atoms with E-state index in [9.17, 15) is 0 Å². The lowest BCUT2D eigenvalue weighted by atomic mass is 10.3. The molecule has 0 saturated carbocycles. The molecule has 0 aliphatic rings. The van der Waals surface area contributed by atoms with Crippen molar-refractivity contribution in [1.29, 1.82) is 0 Å². The van der Waals surface area contributed by atoms with E-state index in [1.807, 2.05) is 18.3 Å². The zero-order valence-electron chi connectivity index (χ0n) is 6.91. The van der Waals surface area contributed by atoms with Gasteiger partial charge < -0.3 is 9.83 Å². The van der Waals surface area contributed by atoms with Gasteiger partial charge in [-0.3, -0.25) is 0 Å². The van der Waals surface area contributed by atoms with Crippen LogP contribution in [0.1, 0.15) is 0 Å². The summed E-state index contributed by atoms with van der Waals surface area (Å²) in [6.45, 7) is 5.83. The third kappa shape index (κ3) is 1.86. The fourth-order valence-corrected chi connectivity index (χ4v) is 0.995. The van der Waals surface area contributed by atoms with E-state index in [4.69, 9.17) is 6.57 Å². The Morgan fingerprint density at radius 3 is 2.58 bits per heavy atom. The average molecular weight is 158 g/mol. The van der Waals surface area contributed by atoms with Crippen molar-refractivity contribution in [2.24, 2.45) is 0 Å². The highest BCUT2D eigenvalue weighted by atomic mass is 14.7. The van der Waals surface area contributed by atoms with E-state index in [1.165, 1.54) is 18.0 Å². The second kappa shape index (κ2) is 4.20. The van der Waals surface area contributed by atoms with Crippen molar-refractivity contribution >= 4 is 10.9 Å². The molecule has 0 aliphatic heterocycles. The topological polar surface area (TPSA) is 20.1 Å². The first-order valence-corrected chi connectivity index (χ1v) is 3.66. The predicted molar refractivity (Wildman–Crippen MR) is 50.8 cm³/mol. The van der Waals surface area contributed by atoms with Crippen molar-refractivity contribution in [3.63, 3.8) is 0 Å². The van der Waals surface area contributed by atoms with Crippen LogP contribution in [0.3, 0.4) is 0 Å². The lowest BCUT2D eigenvalue weighted by molar-refractivity contribution is 1.48. The van der Waals surface area contributed by atoms with E-state index >= 15 is 0 Å². The van der Waals surface area contributed by atoms with Crippen molar-refractivity contribution in [3.05, 3.63) is 47.9 Å². The van der Waals surface area contributed by atoms with Crippen LogP contribution in [0.25, 0.3) is 15.7 Å². The molecule has 0 spiro atoms. The Labute approximate surface area is 71.7 Å². The molecule has 2 nitrogen and oxygen atoms in total. The molecule has 0 atom stereocenters. The lowest BCUT2D eigenvalue weighted by Gasteiger charge is -1.83. The highest BCUT2D eigenvalue weighted by molar-refractivity contribution is 5.78. The summed E-state index contributed by atoms with van der Waals surface area (Å²) in [5, 5.41) is 1.28. The maximum absolute atomic E-state index is 5.83. The van der Waals surface area contributed by atoms with Gasteiger partial charge in [-0.25, -0.2) is 6.57 Å². The molecule has 0 amide bonds. The Kier molecular flexibility index (Phi) is 2.92. The third-order valence-corrected chi connectivity index (χ3v) is 1.46. The number of hydrogen-bond donors (Lipinski definition) is 1. The SMILES string of the molecule is [C-]#[N+]C.c1ccc2[nH]ccc2c1. The minimum Gasteiger partial charge on any atom is -0.361 e. The molecule has 2 rings (SSSR count). The standard InChI is InChI=1S/C8H7N.C2H3N/c1-2-4-8-7(3-1)5-6-9-8;1-3-2/h1-6,9H;1H3. The van der Waals surface area contributed by atoms with Gasteiger partial charge in [0, 0.05) is 11.7 Å². The van der Waals surface area contributed by atoms with Gasteiger partial charge in [-0.15, -0.1) is 0 Å². The molecular formula is C10H10N2. The number of aromatic amines is 1. The number of hydrogen-bond acceptors (Lipinski definition) is 0. The maximum atomic E-state index is 5.83. The van der Waals surface area contributed by atoms with Gasteiger partial charge >= 0.3 is 0 Å². The van der Waals surface area contributed by atoms with Crippen LogP contribution in [0.2, 0.25) is 0 Å². The van der Waals surface area contributed by atoms with Gasteiger partial charge in [-0.1, -0.05) is 18.2 Å². The molecule has 2 heteroatoms. The number of aromatic nitrogens is 1. The smallest absolute Gasteiger partial charge is 0.205 e. The molecule has 0 radical (unpaired) electrons. The Hall–Kier alpha value is -1.75. The van der Waals surface area contributed by atoms with Gasteiger partial charge in [-0.05, 0) is 17.5 Å². The molecule has 0 saturated heterocycles. The molecule has 2 aromatic rings. The van der Waals surface area contributed by atoms with E-state index in [0.717, 1.165) is 0 Å². The predicted octanol–water partition coefficient (Wildman–Crippen LogP) is 2.70. The van der Waals surface area contributed by atoms with Gasteiger partial charge in [0.2, 0.25) is 7.05 Å². The molecule has 0 fully saturated rings. The molecule has 1 aromatic heterocycles. The van der Waals surface area contributed by atoms with Crippen LogP contribution in [0.5, 0.6) is 0 Å². The second-order valence-corrected chi connectivity index (χ2v) is 2.29. The summed E-state index contributed by atoms with van der Waals surface area (Å²) in [6.07, 6.45) is 1.95. The fourth-order valence-electron chi connectivity index (χ4n) is 0.995. The highest BCUT2D eigenvalue weighted by Gasteiger charge is 1.86. The van der Waals surface area contributed by atoms with Crippen LogP contribution >= 0.6 is 0 Å². The molecule has 1 N–H and O–H groups in total. The van der Waals surface area contributed by atoms with Crippen LogP contribution in [0, 0.1) is 6.57 Å². The normalized spacial score (nSPS) is 8.33. The number of nitrogens with zero attached hydrogens (tertiary/aromatic N) is 1. The van der Waals surface area contributed by atoms with Gasteiger partial charge in [0.05, 0.1) is 0 Å². The molecule has 1 heterocycles. The van der Waals surface area contributed by atoms with E-state index in [0.29, 0.717) is 0 Å². The summed E-state index contributed by atoms with van der Waals surface area (Å²) in [4.78, 5) is 5.87. The number of fused-ring (bicyclic) bond motifs is 1. The van der Waals surface area contributed by atoms with E-state index < -0.39 is 0 Å². The number of nitrogens with one attached hydrogen (secondary N) is 1. The summed E-state index contributed by atoms with van der Waals surface area (Å²) >= 11 is 0. The van der Waals surface area contributed by atoms with Gasteiger partial charge in [-0.2, -0.15) is 0 Å². The lowest BCUT2D eigenvalue weighted by Crippen LogP contribution is -1.61. The molecular weight excluding hydrogens is 148 g/mol. The molecule has 0 unspecified atom stereocenters. The first-order chi connectivity index (χ1) is 5.88. The van der Waals surface area contributed by atoms with E-state index in [1.54, 1.807) is 0 Å². The monoisotopic (exact) mass is 158 g/mol. The van der Waals surface area contributed by atoms with Crippen LogP contribution in [0.4, 0.5) is 0 Å². The summed E-state index contributed by atoms with van der Waals surface area (Å²) in [6, 6.07) is 10.3. The highest BCUT2D eigenvalue weighted by Crippen LogP contribution is 2.09. The first kappa shape index (κ1) is 8.35. The minimum absolute atomic E-state index is 1.21.